The van der Waals surface area contributed by atoms with Crippen molar-refractivity contribution in [2.75, 3.05) is 5.73 Å². The number of amides is 1. The maximum absolute atomic E-state index is 11.1. The number of nitrogens with two attached hydrogens (primary N) is 2. The number of ether oxygens (including phenoxy) is 1. The Morgan fingerprint density at radius 2 is 2.16 bits per heavy atom. The van der Waals surface area contributed by atoms with E-state index in [2.05, 4.69) is 20.9 Å². The molecule has 5 nitrogen and oxygen atoms in total. The Hall–Kier alpha value is -2.08. The lowest BCUT2D eigenvalue weighted by atomic mass is 10.2. The lowest BCUT2D eigenvalue weighted by Gasteiger charge is -2.08. The van der Waals surface area contributed by atoms with Gasteiger partial charge >= 0.3 is 0 Å². The van der Waals surface area contributed by atoms with E-state index in [0.717, 1.165) is 10.0 Å². The molecule has 4 N–H and O–H groups in total. The van der Waals surface area contributed by atoms with Crippen LogP contribution in [0.5, 0.6) is 5.88 Å². The van der Waals surface area contributed by atoms with Crippen LogP contribution in [0.4, 0.5) is 5.69 Å². The van der Waals surface area contributed by atoms with Gasteiger partial charge in [-0.3, -0.25) is 4.79 Å². The molecule has 0 spiro atoms. The van der Waals surface area contributed by atoms with Gasteiger partial charge in [0.25, 0.3) is 5.91 Å². The maximum Gasteiger partial charge on any atom is 0.251 e. The van der Waals surface area contributed by atoms with E-state index in [9.17, 15) is 4.79 Å². The maximum atomic E-state index is 11.1. The number of primary amides is 1. The summed E-state index contributed by atoms with van der Waals surface area (Å²) in [5.41, 5.74) is 12.2. The molecular formula is C13H12BrN3O2. The standard InChI is InChI=1S/C13H12BrN3O2/c14-9-3-1-2-8(4-9)7-19-12-5-10(13(16)18)11(15)6-17-12/h1-6H,7,15H2,(H2,16,18). The molecule has 2 aromatic rings. The lowest BCUT2D eigenvalue weighted by molar-refractivity contribution is 0.100. The minimum atomic E-state index is -0.604. The molecule has 0 unspecified atom stereocenters. The number of carbonyl (C=O) groups is 1. The van der Waals surface area contributed by atoms with Crippen molar-refractivity contribution in [1.82, 2.24) is 4.98 Å². The van der Waals surface area contributed by atoms with Crippen LogP contribution < -0.4 is 16.2 Å². The first-order valence-electron chi connectivity index (χ1n) is 5.49. The highest BCUT2D eigenvalue weighted by molar-refractivity contribution is 9.10. The fourth-order valence-electron chi connectivity index (χ4n) is 1.52. The summed E-state index contributed by atoms with van der Waals surface area (Å²) in [6.07, 6.45) is 1.36. The SMILES string of the molecule is NC(=O)c1cc(OCc2cccc(Br)c2)ncc1N. The van der Waals surface area contributed by atoms with E-state index in [1.54, 1.807) is 0 Å². The third-order valence-corrected chi connectivity index (χ3v) is 2.94. The zero-order valence-corrected chi connectivity index (χ0v) is 11.6. The zero-order valence-electron chi connectivity index (χ0n) is 9.97. The van der Waals surface area contributed by atoms with E-state index in [1.165, 1.54) is 12.3 Å². The van der Waals surface area contributed by atoms with Gasteiger partial charge in [-0.05, 0) is 17.7 Å². The van der Waals surface area contributed by atoms with Crippen molar-refractivity contribution in [2.24, 2.45) is 5.73 Å². The molecule has 0 saturated heterocycles. The van der Waals surface area contributed by atoms with Crippen molar-refractivity contribution >= 4 is 27.5 Å². The minimum Gasteiger partial charge on any atom is -0.473 e. The number of carbonyl (C=O) groups excluding carboxylic acids is 1. The number of hydrogen-bond acceptors (Lipinski definition) is 4. The second-order valence-corrected chi connectivity index (χ2v) is 4.81. The van der Waals surface area contributed by atoms with Gasteiger partial charge in [-0.25, -0.2) is 4.98 Å². The van der Waals surface area contributed by atoms with Crippen LogP contribution in [0.15, 0.2) is 41.0 Å². The molecule has 0 aliphatic rings. The largest absolute Gasteiger partial charge is 0.473 e. The summed E-state index contributed by atoms with van der Waals surface area (Å²) in [7, 11) is 0. The number of halogens is 1. The van der Waals surface area contributed by atoms with Gasteiger partial charge in [0, 0.05) is 10.5 Å². The van der Waals surface area contributed by atoms with E-state index in [-0.39, 0.29) is 11.3 Å². The number of anilines is 1. The first-order valence-corrected chi connectivity index (χ1v) is 6.28. The van der Waals surface area contributed by atoms with Gasteiger partial charge in [-0.15, -0.1) is 0 Å². The molecule has 0 bridgehead atoms. The lowest BCUT2D eigenvalue weighted by Crippen LogP contribution is -2.14. The van der Waals surface area contributed by atoms with Crippen LogP contribution in [0.1, 0.15) is 15.9 Å². The fraction of sp³-hybridized carbons (Fsp3) is 0.0769. The van der Waals surface area contributed by atoms with Gasteiger partial charge in [-0.2, -0.15) is 0 Å². The Balaban J connectivity index is 2.12. The second-order valence-electron chi connectivity index (χ2n) is 3.89. The topological polar surface area (TPSA) is 91.2 Å². The molecule has 0 aliphatic carbocycles. The summed E-state index contributed by atoms with van der Waals surface area (Å²) in [5.74, 6) is -0.296. The number of rotatable bonds is 4. The Morgan fingerprint density at radius 1 is 1.37 bits per heavy atom. The smallest absolute Gasteiger partial charge is 0.251 e. The van der Waals surface area contributed by atoms with E-state index in [0.29, 0.717) is 12.5 Å². The normalized spacial score (nSPS) is 10.2. The van der Waals surface area contributed by atoms with E-state index in [4.69, 9.17) is 16.2 Å². The van der Waals surface area contributed by atoms with E-state index >= 15 is 0 Å². The number of aromatic nitrogens is 1. The average molecular weight is 322 g/mol. The number of nitrogen functional groups attached to an aromatic ring is 1. The second kappa shape index (κ2) is 5.71. The number of benzene rings is 1. The highest BCUT2D eigenvalue weighted by Gasteiger charge is 2.08. The first kappa shape index (κ1) is 13.4. The molecule has 1 heterocycles. The number of nitrogens with zero attached hydrogens (tertiary/aromatic N) is 1. The molecule has 0 fully saturated rings. The zero-order chi connectivity index (χ0) is 13.8. The molecule has 0 aliphatic heterocycles. The molecule has 6 heteroatoms. The van der Waals surface area contributed by atoms with Crippen LogP contribution in [0.2, 0.25) is 0 Å². The van der Waals surface area contributed by atoms with Crippen molar-refractivity contribution in [2.45, 2.75) is 6.61 Å². The molecule has 0 radical (unpaired) electrons. The highest BCUT2D eigenvalue weighted by atomic mass is 79.9. The summed E-state index contributed by atoms with van der Waals surface area (Å²) >= 11 is 3.38. The molecule has 1 aromatic heterocycles. The summed E-state index contributed by atoms with van der Waals surface area (Å²) in [6, 6.07) is 9.14. The van der Waals surface area contributed by atoms with Crippen molar-refractivity contribution in [3.05, 3.63) is 52.1 Å². The third-order valence-electron chi connectivity index (χ3n) is 2.45. The van der Waals surface area contributed by atoms with Crippen molar-refractivity contribution in [3.8, 4) is 5.88 Å². The monoisotopic (exact) mass is 321 g/mol. The van der Waals surface area contributed by atoms with Gasteiger partial charge in [0.2, 0.25) is 5.88 Å². The molecule has 1 aromatic carbocycles. The average Bonchev–Trinajstić information content (AvgIpc) is 2.37. The number of pyridine rings is 1. The van der Waals surface area contributed by atoms with Gasteiger partial charge in [0.15, 0.2) is 0 Å². The quantitative estimate of drug-likeness (QED) is 0.902. The van der Waals surface area contributed by atoms with E-state index in [1.807, 2.05) is 24.3 Å². The first-order chi connectivity index (χ1) is 9.06. The summed E-state index contributed by atoms with van der Waals surface area (Å²) < 4.78 is 6.47. The van der Waals surface area contributed by atoms with Crippen LogP contribution in [0.3, 0.4) is 0 Å². The highest BCUT2D eigenvalue weighted by Crippen LogP contribution is 2.18. The Morgan fingerprint density at radius 3 is 2.84 bits per heavy atom. The van der Waals surface area contributed by atoms with Gasteiger partial charge in [0.05, 0.1) is 17.4 Å². The van der Waals surface area contributed by atoms with Crippen molar-refractivity contribution < 1.29 is 9.53 Å². The number of hydrogen-bond donors (Lipinski definition) is 2. The molecule has 19 heavy (non-hydrogen) atoms. The Kier molecular flexibility index (Phi) is 4.01. The molecule has 1 amide bonds. The van der Waals surface area contributed by atoms with Crippen molar-refractivity contribution in [1.29, 1.82) is 0 Å². The molecule has 0 saturated carbocycles. The van der Waals surface area contributed by atoms with E-state index < -0.39 is 5.91 Å². The van der Waals surface area contributed by atoms with Crippen LogP contribution in [-0.4, -0.2) is 10.9 Å². The van der Waals surface area contributed by atoms with Gasteiger partial charge in [0.1, 0.15) is 6.61 Å². The summed E-state index contributed by atoms with van der Waals surface area (Å²) in [6.45, 7) is 0.342. The minimum absolute atomic E-state index is 0.208. The van der Waals surface area contributed by atoms with Crippen LogP contribution >= 0.6 is 15.9 Å². The van der Waals surface area contributed by atoms with Crippen LogP contribution in [0.25, 0.3) is 0 Å². The molecular weight excluding hydrogens is 310 g/mol. The Bertz CT molecular complexity index is 617. The fourth-order valence-corrected chi connectivity index (χ4v) is 1.97. The van der Waals surface area contributed by atoms with Gasteiger partial charge in [-0.1, -0.05) is 28.1 Å². The molecule has 0 atom stereocenters. The molecule has 98 valence electrons. The Labute approximate surface area is 118 Å². The predicted molar refractivity (Wildman–Crippen MR) is 75.6 cm³/mol. The predicted octanol–water partition coefficient (Wildman–Crippen LogP) is 2.10. The van der Waals surface area contributed by atoms with Gasteiger partial charge < -0.3 is 16.2 Å². The van der Waals surface area contributed by atoms with Crippen LogP contribution in [-0.2, 0) is 6.61 Å². The van der Waals surface area contributed by atoms with Crippen molar-refractivity contribution in [3.63, 3.8) is 0 Å². The molecule has 2 rings (SSSR count). The third kappa shape index (κ3) is 3.45. The van der Waals surface area contributed by atoms with Crippen LogP contribution in [0, 0.1) is 0 Å². The summed E-state index contributed by atoms with van der Waals surface area (Å²) in [4.78, 5) is 15.1. The summed E-state index contributed by atoms with van der Waals surface area (Å²) in [5, 5.41) is 0.